The zero-order chi connectivity index (χ0) is 20.1. The number of benzene rings is 2. The van der Waals surface area contributed by atoms with Crippen LogP contribution in [0.2, 0.25) is 0 Å². The van der Waals surface area contributed by atoms with Crippen molar-refractivity contribution in [2.75, 3.05) is 18.2 Å². The van der Waals surface area contributed by atoms with Crippen LogP contribution in [-0.4, -0.2) is 30.1 Å². The second-order valence-corrected chi connectivity index (χ2v) is 6.79. The van der Waals surface area contributed by atoms with Crippen molar-refractivity contribution in [1.82, 2.24) is 4.98 Å². The van der Waals surface area contributed by atoms with E-state index in [1.807, 2.05) is 29.6 Å². The first kappa shape index (κ1) is 19.4. The van der Waals surface area contributed by atoms with E-state index in [2.05, 4.69) is 10.3 Å². The van der Waals surface area contributed by atoms with Gasteiger partial charge in [-0.05, 0) is 49.4 Å². The number of hydrogen-bond donors (Lipinski definition) is 2. The van der Waals surface area contributed by atoms with Gasteiger partial charge in [-0.15, -0.1) is 11.3 Å². The van der Waals surface area contributed by atoms with Crippen molar-refractivity contribution in [2.45, 2.75) is 13.0 Å². The van der Waals surface area contributed by atoms with E-state index in [0.29, 0.717) is 10.8 Å². The maximum atomic E-state index is 12.3. The van der Waals surface area contributed by atoms with Crippen molar-refractivity contribution in [3.63, 3.8) is 0 Å². The Morgan fingerprint density at radius 1 is 1.18 bits per heavy atom. The fraction of sp³-hybridized carbons (Fsp3) is 0.150. The number of carbonyl (C=O) groups is 2. The standard InChI is InChI=1S/C20H19N3O4S/c1-12(27-19(25)14-4-3-5-15(21)10-14)18(24)23-20-22-17(11-28-20)13-6-8-16(26-2)9-7-13/h3-12H,21H2,1-2H3,(H,22,23,24). The highest BCUT2D eigenvalue weighted by atomic mass is 32.1. The van der Waals surface area contributed by atoms with E-state index in [4.69, 9.17) is 15.2 Å². The number of esters is 1. The maximum Gasteiger partial charge on any atom is 0.338 e. The van der Waals surface area contributed by atoms with Crippen molar-refractivity contribution >= 4 is 34.0 Å². The van der Waals surface area contributed by atoms with Crippen LogP contribution < -0.4 is 15.8 Å². The van der Waals surface area contributed by atoms with Crippen molar-refractivity contribution in [3.05, 3.63) is 59.5 Å². The van der Waals surface area contributed by atoms with E-state index in [0.717, 1.165) is 17.0 Å². The summed E-state index contributed by atoms with van der Waals surface area (Å²) in [6.07, 6.45) is -0.984. The summed E-state index contributed by atoms with van der Waals surface area (Å²) < 4.78 is 10.3. The van der Waals surface area contributed by atoms with Gasteiger partial charge in [-0.1, -0.05) is 6.07 Å². The minimum absolute atomic E-state index is 0.288. The third-order valence-electron chi connectivity index (χ3n) is 3.90. The zero-order valence-electron chi connectivity index (χ0n) is 15.3. The minimum Gasteiger partial charge on any atom is -0.497 e. The number of carbonyl (C=O) groups excluding carboxylic acids is 2. The lowest BCUT2D eigenvalue weighted by atomic mass is 10.2. The summed E-state index contributed by atoms with van der Waals surface area (Å²) in [5.74, 6) is -0.329. The maximum absolute atomic E-state index is 12.3. The molecular formula is C20H19N3O4S. The summed E-state index contributed by atoms with van der Waals surface area (Å²) in [6.45, 7) is 1.50. The predicted molar refractivity (Wildman–Crippen MR) is 108 cm³/mol. The lowest BCUT2D eigenvalue weighted by Crippen LogP contribution is -2.30. The Balaban J connectivity index is 1.61. The SMILES string of the molecule is COc1ccc(-c2csc(NC(=O)C(C)OC(=O)c3cccc(N)c3)n2)cc1. The van der Waals surface area contributed by atoms with Crippen LogP contribution in [0.1, 0.15) is 17.3 Å². The Morgan fingerprint density at radius 3 is 2.61 bits per heavy atom. The molecule has 7 nitrogen and oxygen atoms in total. The fourth-order valence-electron chi connectivity index (χ4n) is 2.38. The molecule has 1 atom stereocenters. The number of aromatic nitrogens is 1. The Morgan fingerprint density at radius 2 is 1.93 bits per heavy atom. The number of anilines is 2. The molecule has 0 aliphatic heterocycles. The average molecular weight is 397 g/mol. The average Bonchev–Trinajstić information content (AvgIpc) is 3.16. The van der Waals surface area contributed by atoms with Crippen LogP contribution in [0.5, 0.6) is 5.75 Å². The van der Waals surface area contributed by atoms with Gasteiger partial charge in [0.05, 0.1) is 18.4 Å². The number of nitrogen functional groups attached to an aromatic ring is 1. The highest BCUT2D eigenvalue weighted by molar-refractivity contribution is 7.14. The number of nitrogens with zero attached hydrogens (tertiary/aromatic N) is 1. The number of methoxy groups -OCH3 is 1. The van der Waals surface area contributed by atoms with Gasteiger partial charge in [-0.3, -0.25) is 10.1 Å². The molecule has 1 amide bonds. The summed E-state index contributed by atoms with van der Waals surface area (Å²) in [5.41, 5.74) is 8.02. The van der Waals surface area contributed by atoms with Gasteiger partial charge in [0.25, 0.3) is 5.91 Å². The third kappa shape index (κ3) is 4.66. The molecule has 144 valence electrons. The smallest absolute Gasteiger partial charge is 0.338 e. The van der Waals surface area contributed by atoms with Crippen LogP contribution >= 0.6 is 11.3 Å². The van der Waals surface area contributed by atoms with Gasteiger partial charge < -0.3 is 15.2 Å². The topological polar surface area (TPSA) is 104 Å². The molecule has 3 aromatic rings. The van der Waals surface area contributed by atoms with Crippen LogP contribution in [0, 0.1) is 0 Å². The van der Waals surface area contributed by atoms with E-state index >= 15 is 0 Å². The molecule has 2 aromatic carbocycles. The van der Waals surface area contributed by atoms with E-state index in [-0.39, 0.29) is 5.56 Å². The van der Waals surface area contributed by atoms with Crippen molar-refractivity contribution in [2.24, 2.45) is 0 Å². The molecule has 0 spiro atoms. The van der Waals surface area contributed by atoms with Gasteiger partial charge in [-0.2, -0.15) is 0 Å². The second kappa shape index (κ2) is 8.53. The molecule has 1 unspecified atom stereocenters. The molecule has 0 aliphatic carbocycles. The summed E-state index contributed by atoms with van der Waals surface area (Å²) in [7, 11) is 1.60. The van der Waals surface area contributed by atoms with Gasteiger partial charge in [0.15, 0.2) is 11.2 Å². The quantitative estimate of drug-likeness (QED) is 0.487. The number of thiazole rings is 1. The molecule has 0 saturated carbocycles. The summed E-state index contributed by atoms with van der Waals surface area (Å²) >= 11 is 1.29. The molecular weight excluding hydrogens is 378 g/mol. The lowest BCUT2D eigenvalue weighted by molar-refractivity contribution is -0.123. The first-order chi connectivity index (χ1) is 13.5. The van der Waals surface area contributed by atoms with Crippen LogP contribution in [0.25, 0.3) is 11.3 Å². The number of rotatable bonds is 6. The molecule has 3 N–H and O–H groups in total. The molecule has 1 aromatic heterocycles. The number of ether oxygens (including phenoxy) is 2. The highest BCUT2D eigenvalue weighted by Crippen LogP contribution is 2.26. The number of nitrogens with one attached hydrogen (secondary N) is 1. The first-order valence-corrected chi connectivity index (χ1v) is 9.31. The second-order valence-electron chi connectivity index (χ2n) is 5.93. The normalized spacial score (nSPS) is 11.5. The number of nitrogens with two attached hydrogens (primary N) is 1. The molecule has 0 aliphatic rings. The third-order valence-corrected chi connectivity index (χ3v) is 4.65. The number of hydrogen-bond acceptors (Lipinski definition) is 7. The monoisotopic (exact) mass is 397 g/mol. The Bertz CT molecular complexity index is 985. The molecule has 3 rings (SSSR count). The molecule has 0 fully saturated rings. The van der Waals surface area contributed by atoms with Crippen LogP contribution in [0.3, 0.4) is 0 Å². The van der Waals surface area contributed by atoms with Crippen molar-refractivity contribution in [1.29, 1.82) is 0 Å². The summed E-state index contributed by atoms with van der Waals surface area (Å²) in [6, 6.07) is 13.8. The van der Waals surface area contributed by atoms with Gasteiger partial charge in [0.2, 0.25) is 0 Å². The van der Waals surface area contributed by atoms with E-state index < -0.39 is 18.0 Å². The van der Waals surface area contributed by atoms with Crippen LogP contribution in [0.15, 0.2) is 53.9 Å². The van der Waals surface area contributed by atoms with Gasteiger partial charge in [0, 0.05) is 16.6 Å². The molecule has 28 heavy (non-hydrogen) atoms. The molecule has 1 heterocycles. The molecule has 0 bridgehead atoms. The van der Waals surface area contributed by atoms with Gasteiger partial charge >= 0.3 is 5.97 Å². The van der Waals surface area contributed by atoms with Gasteiger partial charge in [0.1, 0.15) is 5.75 Å². The Kier molecular flexibility index (Phi) is 5.90. The molecule has 8 heteroatoms. The van der Waals surface area contributed by atoms with Crippen molar-refractivity contribution in [3.8, 4) is 17.0 Å². The first-order valence-electron chi connectivity index (χ1n) is 8.43. The molecule has 0 radical (unpaired) electrons. The minimum atomic E-state index is -0.984. The Labute approximate surface area is 166 Å². The highest BCUT2D eigenvalue weighted by Gasteiger charge is 2.20. The van der Waals surface area contributed by atoms with E-state index in [9.17, 15) is 9.59 Å². The fourth-order valence-corrected chi connectivity index (χ4v) is 3.10. The Hall–Kier alpha value is -3.39. The largest absolute Gasteiger partial charge is 0.497 e. The van der Waals surface area contributed by atoms with Gasteiger partial charge in [-0.25, -0.2) is 9.78 Å². The zero-order valence-corrected chi connectivity index (χ0v) is 16.2. The van der Waals surface area contributed by atoms with Crippen molar-refractivity contribution < 1.29 is 19.1 Å². The molecule has 0 saturated heterocycles. The number of amides is 1. The van der Waals surface area contributed by atoms with Crippen LogP contribution in [0.4, 0.5) is 10.8 Å². The predicted octanol–water partition coefficient (Wildman–Crippen LogP) is 3.58. The summed E-state index contributed by atoms with van der Waals surface area (Å²) in [4.78, 5) is 28.8. The summed E-state index contributed by atoms with van der Waals surface area (Å²) in [5, 5.41) is 4.92. The van der Waals surface area contributed by atoms with E-state index in [1.54, 1.807) is 25.3 Å². The van der Waals surface area contributed by atoms with Crippen LogP contribution in [-0.2, 0) is 9.53 Å². The lowest BCUT2D eigenvalue weighted by Gasteiger charge is -2.12. The van der Waals surface area contributed by atoms with E-state index in [1.165, 1.54) is 24.3 Å².